The van der Waals surface area contributed by atoms with Crippen molar-refractivity contribution in [2.75, 3.05) is 23.0 Å². The number of hydrogen-bond acceptors (Lipinski definition) is 7. The van der Waals surface area contributed by atoms with Crippen molar-refractivity contribution < 1.29 is 34.1 Å². The fourth-order valence-electron chi connectivity index (χ4n) is 6.86. The molecule has 5 rings (SSSR count). The maximum atomic E-state index is 14.2. The summed E-state index contributed by atoms with van der Waals surface area (Å²) in [6.07, 6.45) is 9.13. The summed E-state index contributed by atoms with van der Waals surface area (Å²) in [6, 6.07) is 12.6. The van der Waals surface area contributed by atoms with Crippen LogP contribution in [0.15, 0.2) is 77.9 Å². The minimum Gasteiger partial charge on any atom is -0.441 e. The number of carbonyl (C=O) groups is 4. The second-order valence-corrected chi connectivity index (χ2v) is 13.5. The quantitative estimate of drug-likeness (QED) is 0.184. The molecule has 2 aromatic carbocycles. The minimum atomic E-state index is -1.99. The van der Waals surface area contributed by atoms with Crippen LogP contribution < -0.4 is 9.80 Å². The number of nitrogens with zero attached hydrogens (tertiary/aromatic N) is 3. The fraction of sp³-hybridized carbons (Fsp3) is 0.436. The topological polar surface area (TPSA) is 128 Å². The zero-order valence-corrected chi connectivity index (χ0v) is 29.0. The number of carbonyl (C=O) groups excluding carboxylic acids is 4. The van der Waals surface area contributed by atoms with E-state index >= 15 is 0 Å². The average molecular weight is 670 g/mol. The Kier molecular flexibility index (Phi) is 10.9. The highest BCUT2D eigenvalue weighted by atomic mass is 16.6. The molecule has 1 fully saturated rings. The van der Waals surface area contributed by atoms with Crippen molar-refractivity contribution in [1.82, 2.24) is 4.90 Å². The van der Waals surface area contributed by atoms with E-state index < -0.39 is 29.6 Å². The van der Waals surface area contributed by atoms with E-state index in [4.69, 9.17) is 4.74 Å². The molecule has 1 unspecified atom stereocenters. The van der Waals surface area contributed by atoms with E-state index in [1.807, 2.05) is 37.3 Å². The zero-order chi connectivity index (χ0) is 35.5. The van der Waals surface area contributed by atoms with Gasteiger partial charge in [-0.25, -0.2) is 0 Å². The van der Waals surface area contributed by atoms with Crippen molar-refractivity contribution in [1.29, 1.82) is 0 Å². The number of ether oxygens (including phenoxy) is 1. The highest BCUT2D eigenvalue weighted by molar-refractivity contribution is 6.09. The van der Waals surface area contributed by atoms with Gasteiger partial charge in [-0.3, -0.25) is 24.1 Å². The number of rotatable bonds is 12. The molecule has 10 heteroatoms. The largest absolute Gasteiger partial charge is 0.441 e. The third-order valence-corrected chi connectivity index (χ3v) is 9.72. The molecule has 3 aliphatic heterocycles. The van der Waals surface area contributed by atoms with Gasteiger partial charge in [0.2, 0.25) is 11.8 Å². The summed E-state index contributed by atoms with van der Waals surface area (Å²) in [4.78, 5) is 56.4. The lowest BCUT2D eigenvalue weighted by atomic mass is 9.82. The number of fused-ring (bicyclic) bond motifs is 2. The Labute approximate surface area is 288 Å². The van der Waals surface area contributed by atoms with Crippen LogP contribution in [0.3, 0.4) is 0 Å². The van der Waals surface area contributed by atoms with Gasteiger partial charge in [-0.15, -0.1) is 0 Å². The molecule has 2 aromatic rings. The average Bonchev–Trinajstić information content (AvgIpc) is 3.27. The van der Waals surface area contributed by atoms with Crippen molar-refractivity contribution in [3.63, 3.8) is 0 Å². The lowest BCUT2D eigenvalue weighted by molar-refractivity contribution is -0.154. The van der Waals surface area contributed by atoms with E-state index in [1.54, 1.807) is 47.1 Å². The van der Waals surface area contributed by atoms with Crippen LogP contribution in [0.2, 0.25) is 0 Å². The van der Waals surface area contributed by atoms with Gasteiger partial charge in [0.05, 0.1) is 24.8 Å². The Morgan fingerprint density at radius 2 is 1.78 bits per heavy atom. The SMILES string of the molecule is CC(=O)OC1CC(=O)N1c1ccc2c(c1)[C@@](O)([C@H](C)/C=C/CC(=O)N1Cc3ccccc3C[C@H]1CO)C(=O)N2C/C=C(\C)CCC=C(C)C. The van der Waals surface area contributed by atoms with E-state index in [0.29, 0.717) is 29.9 Å². The van der Waals surface area contributed by atoms with E-state index in [1.165, 1.54) is 17.4 Å². The van der Waals surface area contributed by atoms with Crippen LogP contribution in [0, 0.1) is 5.92 Å². The van der Waals surface area contributed by atoms with E-state index in [0.717, 1.165) is 29.5 Å². The van der Waals surface area contributed by atoms with Crippen molar-refractivity contribution in [2.45, 2.75) is 91.1 Å². The molecule has 2 N–H and O–H groups in total. The zero-order valence-electron chi connectivity index (χ0n) is 29.0. The molecule has 3 amide bonds. The predicted octanol–water partition coefficient (Wildman–Crippen LogP) is 5.07. The lowest BCUT2D eigenvalue weighted by Crippen LogP contribution is -2.55. The molecule has 0 saturated carbocycles. The van der Waals surface area contributed by atoms with Gasteiger partial charge in [0.25, 0.3) is 5.91 Å². The minimum absolute atomic E-state index is 0.0316. The molecule has 0 bridgehead atoms. The molecular formula is C39H47N3O7. The summed E-state index contributed by atoms with van der Waals surface area (Å²) in [7, 11) is 0. The summed E-state index contributed by atoms with van der Waals surface area (Å²) in [5, 5.41) is 22.3. The first-order valence-corrected chi connectivity index (χ1v) is 17.0. The number of amides is 3. The molecule has 0 aromatic heterocycles. The third kappa shape index (κ3) is 7.40. The van der Waals surface area contributed by atoms with E-state index in [9.17, 15) is 29.4 Å². The molecule has 49 heavy (non-hydrogen) atoms. The first kappa shape index (κ1) is 35.8. The normalized spacial score (nSPS) is 22.5. The van der Waals surface area contributed by atoms with Crippen molar-refractivity contribution in [2.24, 2.45) is 5.92 Å². The Morgan fingerprint density at radius 3 is 2.45 bits per heavy atom. The molecular weight excluding hydrogens is 622 g/mol. The van der Waals surface area contributed by atoms with Gasteiger partial charge in [0, 0.05) is 43.6 Å². The van der Waals surface area contributed by atoms with E-state index in [-0.39, 0.29) is 43.8 Å². The van der Waals surface area contributed by atoms with Crippen LogP contribution >= 0.6 is 0 Å². The van der Waals surface area contributed by atoms with Crippen LogP contribution in [0.5, 0.6) is 0 Å². The van der Waals surface area contributed by atoms with Gasteiger partial charge in [-0.05, 0) is 69.4 Å². The smallest absolute Gasteiger partial charge is 0.304 e. The van der Waals surface area contributed by atoms with Crippen LogP contribution in [-0.4, -0.2) is 64.2 Å². The molecule has 10 nitrogen and oxygen atoms in total. The van der Waals surface area contributed by atoms with Crippen LogP contribution in [0.1, 0.15) is 77.0 Å². The summed E-state index contributed by atoms with van der Waals surface area (Å²) in [5.74, 6) is -2.16. The van der Waals surface area contributed by atoms with E-state index in [2.05, 4.69) is 19.9 Å². The maximum absolute atomic E-state index is 14.2. The number of β-lactam (4-membered cyclic amide) rings is 1. The van der Waals surface area contributed by atoms with Gasteiger partial charge in [0.15, 0.2) is 11.8 Å². The highest BCUT2D eigenvalue weighted by Gasteiger charge is 2.53. The van der Waals surface area contributed by atoms with Gasteiger partial charge in [0.1, 0.15) is 0 Å². The molecule has 0 spiro atoms. The monoisotopic (exact) mass is 669 g/mol. The first-order valence-electron chi connectivity index (χ1n) is 17.0. The Morgan fingerprint density at radius 1 is 1.04 bits per heavy atom. The van der Waals surface area contributed by atoms with Crippen molar-refractivity contribution in [3.8, 4) is 0 Å². The van der Waals surface area contributed by atoms with Crippen molar-refractivity contribution in [3.05, 3.63) is 94.6 Å². The van der Waals surface area contributed by atoms with Gasteiger partial charge in [-0.1, -0.05) is 66.6 Å². The van der Waals surface area contributed by atoms with Crippen LogP contribution in [0.25, 0.3) is 0 Å². The highest BCUT2D eigenvalue weighted by Crippen LogP contribution is 2.47. The standard InChI is InChI=1S/C39H47N3O7/c1-25(2)10-8-11-26(3)18-19-40-34-17-16-31(42-36(46)22-37(42)49-28(5)44)21-33(34)39(48,38(40)47)27(4)12-9-15-35(45)41-23-30-14-7-6-13-29(30)20-32(41)24-43/h6-7,9-10,12-14,16-18,21,27,32,37,43,48H,8,11,15,19-20,22-24H2,1-5H3/b12-9+,26-18+/t27-,32+,37?,39+/m1/s1. The summed E-state index contributed by atoms with van der Waals surface area (Å²) in [6.45, 7) is 9.64. The molecule has 4 atom stereocenters. The number of esters is 1. The Hall–Kier alpha value is -4.54. The molecule has 3 aliphatic rings. The summed E-state index contributed by atoms with van der Waals surface area (Å²) >= 11 is 0. The number of aliphatic hydroxyl groups excluding tert-OH is 1. The molecule has 0 radical (unpaired) electrons. The summed E-state index contributed by atoms with van der Waals surface area (Å²) < 4.78 is 5.31. The molecule has 0 aliphatic carbocycles. The molecule has 1 saturated heterocycles. The Balaban J connectivity index is 1.40. The lowest BCUT2D eigenvalue weighted by Gasteiger charge is -2.39. The maximum Gasteiger partial charge on any atom is 0.304 e. The van der Waals surface area contributed by atoms with Gasteiger partial charge < -0.3 is 24.7 Å². The number of benzene rings is 2. The fourth-order valence-corrected chi connectivity index (χ4v) is 6.86. The third-order valence-electron chi connectivity index (χ3n) is 9.72. The van der Waals surface area contributed by atoms with Gasteiger partial charge >= 0.3 is 5.97 Å². The second kappa shape index (κ2) is 14.9. The number of aliphatic hydroxyl groups is 2. The number of anilines is 2. The van der Waals surface area contributed by atoms with Gasteiger partial charge in [-0.2, -0.15) is 0 Å². The van der Waals surface area contributed by atoms with Crippen LogP contribution in [0.4, 0.5) is 11.4 Å². The van der Waals surface area contributed by atoms with Crippen molar-refractivity contribution >= 4 is 35.1 Å². The van der Waals surface area contributed by atoms with Crippen LogP contribution in [-0.2, 0) is 42.5 Å². The molecule has 3 heterocycles. The number of hydrogen-bond donors (Lipinski definition) is 2. The molecule has 260 valence electrons. The Bertz CT molecular complexity index is 1710. The second-order valence-electron chi connectivity index (χ2n) is 13.5. The predicted molar refractivity (Wildman–Crippen MR) is 187 cm³/mol. The number of allylic oxidation sites excluding steroid dienone is 3. The first-order chi connectivity index (χ1) is 23.3. The summed E-state index contributed by atoms with van der Waals surface area (Å²) in [5.41, 5.74) is 3.81.